The summed E-state index contributed by atoms with van der Waals surface area (Å²) in [6.07, 6.45) is 18.5. The first-order valence-corrected chi connectivity index (χ1v) is 13.7. The van der Waals surface area contributed by atoms with Gasteiger partial charge in [-0.15, -0.1) is 0 Å². The summed E-state index contributed by atoms with van der Waals surface area (Å²) in [6.45, 7) is 5.60. The fourth-order valence-corrected chi connectivity index (χ4v) is 4.39. The molecule has 1 aromatic heterocycles. The van der Waals surface area contributed by atoms with Crippen molar-refractivity contribution >= 4 is 20.0 Å². The lowest BCUT2D eigenvalue weighted by atomic mass is 10.1. The molecule has 0 radical (unpaired) electrons. The zero-order chi connectivity index (χ0) is 26.5. The SMILES string of the molecule is CCCCCCCCCCCC[n+]1ccc(C)cc1.O=S(=O)([N-]S(=O)(=O)C(F)(F)F)C(F)(F)F. The molecule has 200 valence electrons. The lowest BCUT2D eigenvalue weighted by molar-refractivity contribution is -0.697. The Balaban J connectivity index is 0.000000661. The van der Waals surface area contributed by atoms with Crippen molar-refractivity contribution < 1.29 is 47.7 Å². The van der Waals surface area contributed by atoms with Gasteiger partial charge < -0.3 is 4.13 Å². The van der Waals surface area contributed by atoms with E-state index in [1.165, 1.54) is 76.3 Å². The molecule has 0 N–H and O–H groups in total. The summed E-state index contributed by atoms with van der Waals surface area (Å²) in [4.78, 5) is 0. The first-order chi connectivity index (χ1) is 15.5. The van der Waals surface area contributed by atoms with Crippen LogP contribution in [0.4, 0.5) is 26.3 Å². The summed E-state index contributed by atoms with van der Waals surface area (Å²) in [5.41, 5.74) is -11.1. The topological polar surface area (TPSA) is 86.3 Å². The second kappa shape index (κ2) is 14.9. The van der Waals surface area contributed by atoms with E-state index in [0.29, 0.717) is 0 Å². The number of hydrogen-bond donors (Lipinski definition) is 0. The Labute approximate surface area is 197 Å². The summed E-state index contributed by atoms with van der Waals surface area (Å²) in [5, 5.41) is 0. The van der Waals surface area contributed by atoms with Gasteiger partial charge in [0.15, 0.2) is 32.4 Å². The van der Waals surface area contributed by atoms with Gasteiger partial charge >= 0.3 is 11.0 Å². The highest BCUT2D eigenvalue weighted by molar-refractivity contribution is 8.13. The predicted octanol–water partition coefficient (Wildman–Crippen LogP) is 6.26. The molecular formula is C20H32F6N2O4S2. The van der Waals surface area contributed by atoms with Crippen molar-refractivity contribution in [1.29, 1.82) is 0 Å². The minimum Gasteiger partial charge on any atom is -0.421 e. The molecule has 0 saturated heterocycles. The molecule has 0 atom stereocenters. The lowest BCUT2D eigenvalue weighted by Crippen LogP contribution is -2.32. The zero-order valence-electron chi connectivity index (χ0n) is 19.2. The van der Waals surface area contributed by atoms with Gasteiger partial charge in [0, 0.05) is 18.6 Å². The number of pyridine rings is 1. The summed E-state index contributed by atoms with van der Waals surface area (Å²) in [6, 6.07) is 4.38. The van der Waals surface area contributed by atoms with Crippen LogP contribution in [0.1, 0.15) is 76.7 Å². The van der Waals surface area contributed by atoms with E-state index in [0.717, 1.165) is 4.13 Å². The average Bonchev–Trinajstić information content (AvgIpc) is 2.69. The lowest BCUT2D eigenvalue weighted by Gasteiger charge is -2.22. The van der Waals surface area contributed by atoms with E-state index in [9.17, 15) is 43.2 Å². The molecule has 0 aliphatic carbocycles. The third-order valence-corrected chi connectivity index (χ3v) is 7.35. The normalized spacial score (nSPS) is 12.8. The minimum absolute atomic E-state index is 0.778. The third-order valence-electron chi connectivity index (χ3n) is 4.61. The fraction of sp³-hybridized carbons (Fsp3) is 0.750. The van der Waals surface area contributed by atoms with Crippen LogP contribution in [-0.4, -0.2) is 27.9 Å². The van der Waals surface area contributed by atoms with Gasteiger partial charge in [0.2, 0.25) is 0 Å². The molecule has 1 rings (SSSR count). The van der Waals surface area contributed by atoms with Crippen LogP contribution in [0.25, 0.3) is 4.13 Å². The van der Waals surface area contributed by atoms with Crippen molar-refractivity contribution in [3.8, 4) is 0 Å². The molecule has 1 aromatic rings. The molecule has 0 aliphatic rings. The van der Waals surface area contributed by atoms with Gasteiger partial charge in [-0.2, -0.15) is 26.3 Å². The van der Waals surface area contributed by atoms with E-state index in [1.807, 2.05) is 0 Å². The van der Waals surface area contributed by atoms with Crippen molar-refractivity contribution in [2.45, 2.75) is 95.6 Å². The molecule has 6 nitrogen and oxygen atoms in total. The highest BCUT2D eigenvalue weighted by Gasteiger charge is 2.46. The monoisotopic (exact) mass is 542 g/mol. The van der Waals surface area contributed by atoms with Crippen molar-refractivity contribution in [2.24, 2.45) is 0 Å². The Morgan fingerprint density at radius 2 is 1.06 bits per heavy atom. The number of nitrogens with zero attached hydrogens (tertiary/aromatic N) is 2. The number of aryl methyl sites for hydroxylation is 2. The van der Waals surface area contributed by atoms with Gasteiger partial charge in [-0.3, -0.25) is 0 Å². The third kappa shape index (κ3) is 13.5. The van der Waals surface area contributed by atoms with Crippen molar-refractivity contribution in [2.75, 3.05) is 0 Å². The molecule has 0 bridgehead atoms. The Bertz CT molecular complexity index is 858. The van der Waals surface area contributed by atoms with Crippen LogP contribution < -0.4 is 4.57 Å². The highest BCUT2D eigenvalue weighted by atomic mass is 32.3. The number of unbranched alkanes of at least 4 members (excludes halogenated alkanes) is 9. The van der Waals surface area contributed by atoms with Crippen LogP contribution in [0.3, 0.4) is 0 Å². The van der Waals surface area contributed by atoms with Gasteiger partial charge in [0.05, 0.1) is 0 Å². The van der Waals surface area contributed by atoms with Crippen molar-refractivity contribution in [3.63, 3.8) is 0 Å². The summed E-state index contributed by atoms with van der Waals surface area (Å²) in [7, 11) is -13.4. The standard InChI is InChI=1S/C18H32N.C2F6NO4S2/c1-3-4-5-6-7-8-9-10-11-12-15-19-16-13-18(2)14-17-19;3-1(4,5)14(10,11)9-15(12,13)2(6,7)8/h13-14,16-17H,3-12,15H2,1-2H3;/q+1;-1. The number of hydrogen-bond acceptors (Lipinski definition) is 4. The van der Waals surface area contributed by atoms with Gasteiger partial charge in [0.25, 0.3) is 0 Å². The second-order valence-electron chi connectivity index (χ2n) is 7.71. The predicted molar refractivity (Wildman–Crippen MR) is 117 cm³/mol. The van der Waals surface area contributed by atoms with Crippen LogP contribution in [-0.2, 0) is 26.6 Å². The van der Waals surface area contributed by atoms with Crippen molar-refractivity contribution in [1.82, 2.24) is 0 Å². The van der Waals surface area contributed by atoms with E-state index < -0.39 is 31.1 Å². The van der Waals surface area contributed by atoms with Crippen molar-refractivity contribution in [3.05, 3.63) is 34.2 Å². The van der Waals surface area contributed by atoms with Gasteiger partial charge in [-0.1, -0.05) is 58.3 Å². The number of sulfonamides is 2. The Morgan fingerprint density at radius 3 is 1.41 bits per heavy atom. The number of halogens is 6. The van der Waals surface area contributed by atoms with Crippen LogP contribution in [0.2, 0.25) is 0 Å². The van der Waals surface area contributed by atoms with E-state index in [2.05, 4.69) is 42.9 Å². The Morgan fingerprint density at radius 1 is 0.706 bits per heavy atom. The van der Waals surface area contributed by atoms with E-state index >= 15 is 0 Å². The van der Waals surface area contributed by atoms with E-state index in [-0.39, 0.29) is 0 Å². The smallest absolute Gasteiger partial charge is 0.421 e. The maximum Gasteiger partial charge on any atom is 0.480 e. The Hall–Kier alpha value is -1.41. The molecule has 0 fully saturated rings. The van der Waals surface area contributed by atoms with E-state index in [1.54, 1.807) is 0 Å². The largest absolute Gasteiger partial charge is 0.480 e. The molecule has 14 heteroatoms. The molecule has 0 amide bonds. The molecular weight excluding hydrogens is 510 g/mol. The van der Waals surface area contributed by atoms with Gasteiger partial charge in [-0.25, -0.2) is 21.4 Å². The Kier molecular flexibility index (Phi) is 14.3. The summed E-state index contributed by atoms with van der Waals surface area (Å²) >= 11 is 0. The van der Waals surface area contributed by atoms with Crippen LogP contribution >= 0.6 is 0 Å². The van der Waals surface area contributed by atoms with Gasteiger partial charge in [-0.05, 0) is 18.9 Å². The molecule has 0 aromatic carbocycles. The zero-order valence-corrected chi connectivity index (χ0v) is 20.8. The summed E-state index contributed by atoms with van der Waals surface area (Å²) < 4.78 is 111. The van der Waals surface area contributed by atoms with Crippen LogP contribution in [0.5, 0.6) is 0 Å². The number of rotatable bonds is 13. The second-order valence-corrected chi connectivity index (χ2v) is 11.1. The number of aromatic nitrogens is 1. The molecule has 0 spiro atoms. The molecule has 1 heterocycles. The highest BCUT2D eigenvalue weighted by Crippen LogP contribution is 2.36. The maximum absolute atomic E-state index is 11.4. The average molecular weight is 543 g/mol. The fourth-order valence-electron chi connectivity index (χ4n) is 2.68. The maximum atomic E-state index is 11.4. The van der Waals surface area contributed by atoms with Crippen LogP contribution in [0.15, 0.2) is 24.5 Å². The number of alkyl halides is 6. The molecule has 0 unspecified atom stereocenters. The summed E-state index contributed by atoms with van der Waals surface area (Å²) in [5.74, 6) is 0. The quantitative estimate of drug-likeness (QED) is 0.167. The van der Waals surface area contributed by atoms with E-state index in [4.69, 9.17) is 0 Å². The molecule has 0 saturated carbocycles. The first kappa shape index (κ1) is 32.6. The molecule has 0 aliphatic heterocycles. The van der Waals surface area contributed by atoms with Gasteiger partial charge in [0.1, 0.15) is 6.54 Å². The minimum atomic E-state index is -6.72. The molecule has 34 heavy (non-hydrogen) atoms. The van der Waals surface area contributed by atoms with Crippen LogP contribution in [0, 0.1) is 6.92 Å². The first-order valence-electron chi connectivity index (χ1n) is 10.9.